The van der Waals surface area contributed by atoms with E-state index in [1.165, 1.54) is 23.6 Å². The first-order valence-corrected chi connectivity index (χ1v) is 12.0. The van der Waals surface area contributed by atoms with E-state index in [9.17, 15) is 13.2 Å². The molecule has 0 unspecified atom stereocenters. The highest BCUT2D eigenvalue weighted by Gasteiger charge is 2.29. The molecule has 1 aliphatic carbocycles. The number of benzene rings is 1. The zero-order valence-corrected chi connectivity index (χ0v) is 18.4. The van der Waals surface area contributed by atoms with Gasteiger partial charge in [-0.3, -0.25) is 4.79 Å². The second kappa shape index (κ2) is 9.55. The van der Waals surface area contributed by atoms with Crippen molar-refractivity contribution < 1.29 is 17.9 Å². The molecule has 0 radical (unpaired) electrons. The number of aryl methyl sites for hydroxylation is 1. The maximum atomic E-state index is 13.0. The van der Waals surface area contributed by atoms with Crippen LogP contribution in [0.1, 0.15) is 45.1 Å². The summed E-state index contributed by atoms with van der Waals surface area (Å²) in [7, 11) is -3.61. The van der Waals surface area contributed by atoms with E-state index in [0.717, 1.165) is 6.42 Å². The summed E-state index contributed by atoms with van der Waals surface area (Å²) in [4.78, 5) is 12.9. The predicted octanol–water partition coefficient (Wildman–Crippen LogP) is 2.51. The molecule has 29 heavy (non-hydrogen) atoms. The van der Waals surface area contributed by atoms with Crippen LogP contribution in [0.15, 0.2) is 23.1 Å². The Kier molecular flexibility index (Phi) is 7.32. The molecule has 2 N–H and O–H groups in total. The third-order valence-electron chi connectivity index (χ3n) is 6.01. The number of amides is 1. The number of hydrogen-bond donors (Lipinski definition) is 2. The Balaban J connectivity index is 1.69. The van der Waals surface area contributed by atoms with Gasteiger partial charge in [0.05, 0.1) is 24.2 Å². The molecule has 1 heterocycles. The normalized spacial score (nSPS) is 24.8. The number of sulfonamides is 1. The summed E-state index contributed by atoms with van der Waals surface area (Å²) in [6, 6.07) is 5.06. The highest BCUT2D eigenvalue weighted by Crippen LogP contribution is 2.26. The van der Waals surface area contributed by atoms with Gasteiger partial charge in [0.25, 0.3) is 0 Å². The Hall–Kier alpha value is -1.48. The van der Waals surface area contributed by atoms with Crippen LogP contribution in [0.2, 0.25) is 0 Å². The summed E-state index contributed by atoms with van der Waals surface area (Å²) in [5, 5.41) is 6.32. The van der Waals surface area contributed by atoms with Gasteiger partial charge in [-0.05, 0) is 50.3 Å². The fourth-order valence-corrected chi connectivity index (χ4v) is 5.75. The van der Waals surface area contributed by atoms with Crippen molar-refractivity contribution in [1.29, 1.82) is 0 Å². The zero-order chi connectivity index (χ0) is 21.0. The van der Waals surface area contributed by atoms with Crippen LogP contribution in [0.3, 0.4) is 0 Å². The summed E-state index contributed by atoms with van der Waals surface area (Å²) in [6.45, 7) is 7.35. The molecule has 1 amide bonds. The number of anilines is 1. The molecule has 7 nitrogen and oxygen atoms in total. The van der Waals surface area contributed by atoms with Crippen molar-refractivity contribution in [3.05, 3.63) is 23.8 Å². The highest BCUT2D eigenvalue weighted by atomic mass is 32.2. The van der Waals surface area contributed by atoms with Gasteiger partial charge in [-0.2, -0.15) is 4.31 Å². The first-order valence-electron chi connectivity index (χ1n) is 10.5. The van der Waals surface area contributed by atoms with Crippen molar-refractivity contribution in [1.82, 2.24) is 9.62 Å². The number of nitrogens with one attached hydrogen (secondary N) is 2. The van der Waals surface area contributed by atoms with Crippen LogP contribution < -0.4 is 10.6 Å². The van der Waals surface area contributed by atoms with E-state index in [4.69, 9.17) is 4.74 Å². The topological polar surface area (TPSA) is 87.7 Å². The van der Waals surface area contributed by atoms with E-state index < -0.39 is 10.0 Å². The molecule has 3 rings (SSSR count). The number of morpholine rings is 1. The van der Waals surface area contributed by atoms with Crippen molar-refractivity contribution >= 4 is 21.6 Å². The molecule has 0 spiro atoms. The molecule has 2 aliphatic rings. The fraction of sp³-hybridized carbons (Fsp3) is 0.667. The summed E-state index contributed by atoms with van der Waals surface area (Å²) in [6.07, 6.45) is 4.72. The van der Waals surface area contributed by atoms with Crippen molar-refractivity contribution in [3.8, 4) is 0 Å². The maximum Gasteiger partial charge on any atom is 0.243 e. The van der Waals surface area contributed by atoms with Crippen LogP contribution in [-0.4, -0.2) is 57.0 Å². The smallest absolute Gasteiger partial charge is 0.243 e. The molecule has 3 atom stereocenters. The second-order valence-corrected chi connectivity index (χ2v) is 10.1. The van der Waals surface area contributed by atoms with Crippen LogP contribution in [0.5, 0.6) is 0 Å². The van der Waals surface area contributed by atoms with Crippen LogP contribution in [0.4, 0.5) is 5.69 Å². The van der Waals surface area contributed by atoms with Gasteiger partial charge in [-0.1, -0.05) is 25.8 Å². The monoisotopic (exact) mass is 423 g/mol. The van der Waals surface area contributed by atoms with E-state index in [2.05, 4.69) is 17.6 Å². The van der Waals surface area contributed by atoms with E-state index in [1.54, 1.807) is 25.1 Å². The van der Waals surface area contributed by atoms with Gasteiger partial charge in [0, 0.05) is 24.8 Å². The molecule has 0 bridgehead atoms. The molecule has 0 aromatic heterocycles. The molecule has 1 saturated carbocycles. The van der Waals surface area contributed by atoms with Crippen molar-refractivity contribution in [2.45, 2.75) is 63.4 Å². The number of carbonyl (C=O) groups excluding carboxylic acids is 1. The van der Waals surface area contributed by atoms with Crippen LogP contribution in [-0.2, 0) is 19.6 Å². The molecular formula is C21H33N3O4S. The first-order chi connectivity index (χ1) is 13.8. The van der Waals surface area contributed by atoms with Gasteiger partial charge < -0.3 is 15.4 Å². The van der Waals surface area contributed by atoms with Gasteiger partial charge in [-0.15, -0.1) is 0 Å². The minimum atomic E-state index is -3.61. The zero-order valence-electron chi connectivity index (χ0n) is 17.6. The largest absolute Gasteiger partial charge is 0.379 e. The Labute approximate surface area is 174 Å². The van der Waals surface area contributed by atoms with E-state index in [-0.39, 0.29) is 16.8 Å². The maximum absolute atomic E-state index is 13.0. The van der Waals surface area contributed by atoms with Crippen LogP contribution in [0.25, 0.3) is 0 Å². The average Bonchev–Trinajstić information content (AvgIpc) is 2.71. The lowest BCUT2D eigenvalue weighted by atomic mass is 9.85. The molecule has 1 saturated heterocycles. The summed E-state index contributed by atoms with van der Waals surface area (Å²) in [5.74, 6) is 0.407. The number of hydrogen-bond acceptors (Lipinski definition) is 5. The molecular weight excluding hydrogens is 390 g/mol. The van der Waals surface area contributed by atoms with Gasteiger partial charge in [0.1, 0.15) is 0 Å². The molecule has 1 aliphatic heterocycles. The summed E-state index contributed by atoms with van der Waals surface area (Å²) < 4.78 is 32.8. The standard InChI is InChI=1S/C21H33N3O4S/c1-15-6-4-5-7-19(15)22-17(3)21(25)23-18-9-8-16(2)20(14-18)29(26,27)24-10-12-28-13-11-24/h8-9,14-15,17,19,22H,4-7,10-13H2,1-3H3,(H,23,25)/t15-,17+,19+/m0/s1. The Morgan fingerprint density at radius 2 is 1.90 bits per heavy atom. The van der Waals surface area contributed by atoms with E-state index in [0.29, 0.717) is 49.5 Å². The fourth-order valence-electron chi connectivity index (χ4n) is 4.09. The molecule has 1 aromatic carbocycles. The Morgan fingerprint density at radius 3 is 2.59 bits per heavy atom. The van der Waals surface area contributed by atoms with Crippen LogP contribution in [0, 0.1) is 12.8 Å². The lowest BCUT2D eigenvalue weighted by Gasteiger charge is -2.31. The molecule has 2 fully saturated rings. The summed E-state index contributed by atoms with van der Waals surface area (Å²) in [5.41, 5.74) is 1.16. The van der Waals surface area contributed by atoms with E-state index >= 15 is 0 Å². The number of carbonyl (C=O) groups is 1. The lowest BCUT2D eigenvalue weighted by molar-refractivity contribution is -0.118. The third-order valence-corrected chi connectivity index (χ3v) is 8.05. The minimum Gasteiger partial charge on any atom is -0.379 e. The average molecular weight is 424 g/mol. The number of rotatable bonds is 6. The van der Waals surface area contributed by atoms with Gasteiger partial charge in [-0.25, -0.2) is 8.42 Å². The molecule has 1 aromatic rings. The SMILES string of the molecule is Cc1ccc(NC(=O)[C@@H](C)N[C@@H]2CCCC[C@@H]2C)cc1S(=O)(=O)N1CCOCC1. The number of nitrogens with zero attached hydrogens (tertiary/aromatic N) is 1. The number of ether oxygens (including phenoxy) is 1. The second-order valence-electron chi connectivity index (χ2n) is 8.24. The Morgan fingerprint density at radius 1 is 1.21 bits per heavy atom. The summed E-state index contributed by atoms with van der Waals surface area (Å²) >= 11 is 0. The van der Waals surface area contributed by atoms with E-state index in [1.807, 2.05) is 6.92 Å². The van der Waals surface area contributed by atoms with Crippen LogP contribution >= 0.6 is 0 Å². The Bertz CT molecular complexity index is 821. The first kappa shape index (κ1) is 22.2. The van der Waals surface area contributed by atoms with Gasteiger partial charge >= 0.3 is 0 Å². The van der Waals surface area contributed by atoms with Crippen molar-refractivity contribution in [3.63, 3.8) is 0 Å². The third kappa shape index (κ3) is 5.36. The minimum absolute atomic E-state index is 0.152. The quantitative estimate of drug-likeness (QED) is 0.734. The molecule has 8 heteroatoms. The molecule has 162 valence electrons. The highest BCUT2D eigenvalue weighted by molar-refractivity contribution is 7.89. The van der Waals surface area contributed by atoms with Gasteiger partial charge in [0.2, 0.25) is 15.9 Å². The van der Waals surface area contributed by atoms with Crippen molar-refractivity contribution in [2.75, 3.05) is 31.6 Å². The van der Waals surface area contributed by atoms with Crippen molar-refractivity contribution in [2.24, 2.45) is 5.92 Å². The van der Waals surface area contributed by atoms with Gasteiger partial charge in [0.15, 0.2) is 0 Å². The predicted molar refractivity (Wildman–Crippen MR) is 113 cm³/mol. The lowest BCUT2D eigenvalue weighted by Crippen LogP contribution is -2.47.